The SMILES string of the molecule is CCCOc1cc(/C(C)=N\[S+]([O-])C(C)(C)C)ccc1F. The van der Waals surface area contributed by atoms with E-state index in [4.69, 9.17) is 4.74 Å². The smallest absolute Gasteiger partial charge is 0.165 e. The fourth-order valence-corrected chi connectivity index (χ4v) is 1.99. The Bertz CT molecular complexity index is 483. The Morgan fingerprint density at radius 2 is 2.05 bits per heavy atom. The lowest BCUT2D eigenvalue weighted by Crippen LogP contribution is -2.26. The van der Waals surface area contributed by atoms with Crippen LogP contribution in [0.3, 0.4) is 0 Å². The molecule has 1 aromatic carbocycles. The van der Waals surface area contributed by atoms with E-state index in [9.17, 15) is 8.94 Å². The van der Waals surface area contributed by atoms with Gasteiger partial charge in [-0.15, -0.1) is 0 Å². The van der Waals surface area contributed by atoms with Gasteiger partial charge >= 0.3 is 0 Å². The van der Waals surface area contributed by atoms with Gasteiger partial charge in [-0.25, -0.2) is 4.39 Å². The van der Waals surface area contributed by atoms with Crippen LogP contribution in [0.15, 0.2) is 22.6 Å². The van der Waals surface area contributed by atoms with Crippen molar-refractivity contribution in [2.45, 2.75) is 45.8 Å². The van der Waals surface area contributed by atoms with Crippen molar-refractivity contribution < 1.29 is 13.7 Å². The van der Waals surface area contributed by atoms with Gasteiger partial charge in [0, 0.05) is 5.56 Å². The van der Waals surface area contributed by atoms with E-state index < -0.39 is 21.9 Å². The fourth-order valence-electron chi connectivity index (χ4n) is 1.37. The molecule has 0 saturated carbocycles. The van der Waals surface area contributed by atoms with Gasteiger partial charge in [0.1, 0.15) is 16.1 Å². The molecule has 0 fully saturated rings. The molecule has 1 rings (SSSR count). The highest BCUT2D eigenvalue weighted by atomic mass is 32.2. The van der Waals surface area contributed by atoms with Gasteiger partial charge in [0.15, 0.2) is 11.6 Å². The quantitative estimate of drug-likeness (QED) is 0.611. The van der Waals surface area contributed by atoms with Crippen LogP contribution in [-0.4, -0.2) is 21.6 Å². The Morgan fingerprint density at radius 1 is 1.40 bits per heavy atom. The maximum absolute atomic E-state index is 13.6. The molecule has 0 aliphatic heterocycles. The van der Waals surface area contributed by atoms with Gasteiger partial charge in [-0.1, -0.05) is 11.3 Å². The maximum atomic E-state index is 13.6. The summed E-state index contributed by atoms with van der Waals surface area (Å²) < 4.78 is 34.7. The summed E-state index contributed by atoms with van der Waals surface area (Å²) in [6.45, 7) is 9.77. The van der Waals surface area contributed by atoms with Crippen molar-refractivity contribution in [3.8, 4) is 5.75 Å². The summed E-state index contributed by atoms with van der Waals surface area (Å²) in [6, 6.07) is 4.57. The predicted octanol–water partition coefficient (Wildman–Crippen LogP) is 3.89. The van der Waals surface area contributed by atoms with Crippen molar-refractivity contribution in [3.05, 3.63) is 29.6 Å². The topological polar surface area (TPSA) is 44.6 Å². The first kappa shape index (κ1) is 17.0. The van der Waals surface area contributed by atoms with Crippen LogP contribution in [0, 0.1) is 5.82 Å². The van der Waals surface area contributed by atoms with Gasteiger partial charge in [-0.05, 0) is 52.3 Å². The summed E-state index contributed by atoms with van der Waals surface area (Å²) in [5.41, 5.74) is 1.33. The minimum absolute atomic E-state index is 0.209. The third-order valence-electron chi connectivity index (χ3n) is 2.55. The third-order valence-corrected chi connectivity index (χ3v) is 4.04. The molecule has 0 aromatic heterocycles. The molecular formula is C15H22FNO2S. The molecule has 1 unspecified atom stereocenters. The van der Waals surface area contributed by atoms with Crippen LogP contribution in [0.5, 0.6) is 5.75 Å². The zero-order valence-electron chi connectivity index (χ0n) is 12.7. The highest BCUT2D eigenvalue weighted by Gasteiger charge is 2.26. The average molecular weight is 299 g/mol. The highest BCUT2D eigenvalue weighted by Crippen LogP contribution is 2.22. The molecule has 5 heteroatoms. The molecule has 0 spiro atoms. The number of hydrogen-bond donors (Lipinski definition) is 0. The standard InChI is InChI=1S/C15H22FNO2S/c1-6-9-19-14-10-12(7-8-13(14)16)11(2)17-20(18)15(3,4)5/h7-8,10H,6,9H2,1-5H3/b17-11-. The van der Waals surface area contributed by atoms with Crippen LogP contribution in [0.4, 0.5) is 4.39 Å². The van der Waals surface area contributed by atoms with Crippen molar-refractivity contribution in [3.63, 3.8) is 0 Å². The first-order valence-electron chi connectivity index (χ1n) is 6.65. The first-order chi connectivity index (χ1) is 9.25. The normalized spacial score (nSPS) is 14.2. The van der Waals surface area contributed by atoms with Gasteiger partial charge in [0.05, 0.1) is 12.3 Å². The average Bonchev–Trinajstić information content (AvgIpc) is 2.36. The van der Waals surface area contributed by atoms with Crippen LogP contribution < -0.4 is 4.74 Å². The van der Waals surface area contributed by atoms with Crippen LogP contribution in [0.1, 0.15) is 46.6 Å². The number of ether oxygens (including phenoxy) is 1. The minimum atomic E-state index is -1.33. The van der Waals surface area contributed by atoms with E-state index in [1.165, 1.54) is 6.07 Å². The number of rotatable bonds is 5. The summed E-state index contributed by atoms with van der Waals surface area (Å²) >= 11 is -1.33. The molecule has 0 aliphatic carbocycles. The molecule has 0 aliphatic rings. The van der Waals surface area contributed by atoms with E-state index in [2.05, 4.69) is 4.40 Å². The van der Waals surface area contributed by atoms with Crippen LogP contribution in [-0.2, 0) is 11.4 Å². The van der Waals surface area contributed by atoms with E-state index in [1.807, 2.05) is 27.7 Å². The lowest BCUT2D eigenvalue weighted by atomic mass is 10.1. The zero-order chi connectivity index (χ0) is 15.3. The first-order valence-corrected chi connectivity index (χ1v) is 7.76. The third kappa shape index (κ3) is 4.80. The Hall–Kier alpha value is -1.07. The second-order valence-corrected chi connectivity index (χ2v) is 7.44. The Labute approximate surface area is 123 Å². The van der Waals surface area contributed by atoms with Gasteiger partial charge in [-0.3, -0.25) is 0 Å². The lowest BCUT2D eigenvalue weighted by Gasteiger charge is -2.18. The van der Waals surface area contributed by atoms with E-state index in [0.717, 1.165) is 12.0 Å². The molecule has 20 heavy (non-hydrogen) atoms. The Balaban J connectivity index is 2.99. The largest absolute Gasteiger partial charge is 0.591 e. The number of nitrogens with zero attached hydrogens (tertiary/aromatic N) is 1. The molecule has 0 saturated heterocycles. The van der Waals surface area contributed by atoms with Crippen LogP contribution >= 0.6 is 0 Å². The molecule has 0 bridgehead atoms. The maximum Gasteiger partial charge on any atom is 0.165 e. The molecule has 112 valence electrons. The lowest BCUT2D eigenvalue weighted by molar-refractivity contribution is 0.301. The van der Waals surface area contributed by atoms with Crippen molar-refractivity contribution >= 4 is 17.1 Å². The Morgan fingerprint density at radius 3 is 2.60 bits per heavy atom. The summed E-state index contributed by atoms with van der Waals surface area (Å²) in [7, 11) is 0. The van der Waals surface area contributed by atoms with Gasteiger partial charge in [0.2, 0.25) is 0 Å². The summed E-state index contributed by atoms with van der Waals surface area (Å²) in [6.07, 6.45) is 0.810. The van der Waals surface area contributed by atoms with Crippen LogP contribution in [0.25, 0.3) is 0 Å². The monoisotopic (exact) mass is 299 g/mol. The second-order valence-electron chi connectivity index (χ2n) is 5.53. The highest BCUT2D eigenvalue weighted by molar-refractivity contribution is 7.91. The molecule has 0 N–H and O–H groups in total. The number of hydrogen-bond acceptors (Lipinski definition) is 3. The van der Waals surface area contributed by atoms with Gasteiger partial charge in [0.25, 0.3) is 0 Å². The van der Waals surface area contributed by atoms with Crippen LogP contribution in [0.2, 0.25) is 0 Å². The van der Waals surface area contributed by atoms with E-state index in [0.29, 0.717) is 12.3 Å². The summed E-state index contributed by atoms with van der Waals surface area (Å²) in [5, 5.41) is 0. The molecule has 1 atom stereocenters. The second kappa shape index (κ2) is 7.09. The molecule has 0 amide bonds. The van der Waals surface area contributed by atoms with Crippen molar-refractivity contribution in [2.75, 3.05) is 6.61 Å². The van der Waals surface area contributed by atoms with Gasteiger partial charge in [-0.2, -0.15) is 0 Å². The molecule has 1 aromatic rings. The fraction of sp³-hybridized carbons (Fsp3) is 0.533. The molecule has 0 heterocycles. The van der Waals surface area contributed by atoms with E-state index >= 15 is 0 Å². The van der Waals surface area contributed by atoms with E-state index in [1.54, 1.807) is 19.1 Å². The number of halogens is 1. The van der Waals surface area contributed by atoms with Gasteiger partial charge < -0.3 is 9.29 Å². The zero-order valence-corrected chi connectivity index (χ0v) is 13.5. The van der Waals surface area contributed by atoms with Crippen molar-refractivity contribution in [2.24, 2.45) is 4.40 Å². The number of benzene rings is 1. The van der Waals surface area contributed by atoms with Crippen molar-refractivity contribution in [1.82, 2.24) is 0 Å². The minimum Gasteiger partial charge on any atom is -0.591 e. The Kier molecular flexibility index (Phi) is 6.02. The van der Waals surface area contributed by atoms with E-state index in [-0.39, 0.29) is 5.75 Å². The predicted molar refractivity (Wildman–Crippen MR) is 82.3 cm³/mol. The molecule has 3 nitrogen and oxygen atoms in total. The molecule has 0 radical (unpaired) electrons. The molecular weight excluding hydrogens is 277 g/mol. The summed E-state index contributed by atoms with van der Waals surface area (Å²) in [5.74, 6) is -0.188. The van der Waals surface area contributed by atoms with Crippen molar-refractivity contribution in [1.29, 1.82) is 0 Å². The summed E-state index contributed by atoms with van der Waals surface area (Å²) in [4.78, 5) is 0.